The van der Waals surface area contributed by atoms with E-state index in [4.69, 9.17) is 14.2 Å². The average molecular weight is 960 g/mol. The van der Waals surface area contributed by atoms with Gasteiger partial charge in [-0.1, -0.05) is 240 Å². The van der Waals surface area contributed by atoms with Gasteiger partial charge in [-0.2, -0.15) is 0 Å². The van der Waals surface area contributed by atoms with E-state index in [1.54, 1.807) is 0 Å². The van der Waals surface area contributed by atoms with E-state index in [-0.39, 0.29) is 31.1 Å². The average Bonchev–Trinajstić information content (AvgIpc) is 3.35. The molecule has 0 aromatic rings. The first-order valence-electron chi connectivity index (χ1n) is 28.7. The quantitative estimate of drug-likeness (QED) is 0.0262. The van der Waals surface area contributed by atoms with Gasteiger partial charge in [0.2, 0.25) is 0 Å². The van der Waals surface area contributed by atoms with Crippen LogP contribution in [0.1, 0.15) is 265 Å². The SMILES string of the molecule is CC/C=C\C/C=C\C/C=C\C/C=C\CCCCC(=O)OC[C@H](COC(=O)CCCCC/C=C\C/C=C\C/C=C\C/C=C\CCCCC)OC(=O)CCCCCCCCCCCCCCCCCCC. The van der Waals surface area contributed by atoms with E-state index < -0.39 is 6.10 Å². The Kier molecular flexibility index (Phi) is 53.9. The predicted octanol–water partition coefficient (Wildman–Crippen LogP) is 19.3. The fourth-order valence-corrected chi connectivity index (χ4v) is 7.77. The van der Waals surface area contributed by atoms with Crippen molar-refractivity contribution in [3.05, 3.63) is 97.2 Å². The lowest BCUT2D eigenvalue weighted by Crippen LogP contribution is -2.30. The molecule has 6 nitrogen and oxygen atoms in total. The second-order valence-electron chi connectivity index (χ2n) is 18.8. The summed E-state index contributed by atoms with van der Waals surface area (Å²) in [4.78, 5) is 38.1. The summed E-state index contributed by atoms with van der Waals surface area (Å²) in [6.45, 7) is 6.45. The third kappa shape index (κ3) is 55.1. The molecular formula is C63H106O6. The number of ether oxygens (including phenoxy) is 3. The van der Waals surface area contributed by atoms with Crippen molar-refractivity contribution in [2.75, 3.05) is 13.2 Å². The number of carbonyl (C=O) groups excluding carboxylic acids is 3. The van der Waals surface area contributed by atoms with Gasteiger partial charge in [-0.3, -0.25) is 14.4 Å². The van der Waals surface area contributed by atoms with Crippen LogP contribution in [0.4, 0.5) is 0 Å². The maximum absolute atomic E-state index is 12.9. The smallest absolute Gasteiger partial charge is 0.306 e. The largest absolute Gasteiger partial charge is 0.462 e. The minimum absolute atomic E-state index is 0.106. The first-order valence-corrected chi connectivity index (χ1v) is 28.7. The Labute approximate surface area is 426 Å². The van der Waals surface area contributed by atoms with Gasteiger partial charge < -0.3 is 14.2 Å². The molecule has 69 heavy (non-hydrogen) atoms. The Balaban J connectivity index is 4.49. The van der Waals surface area contributed by atoms with Crippen LogP contribution < -0.4 is 0 Å². The van der Waals surface area contributed by atoms with Crippen molar-refractivity contribution in [1.29, 1.82) is 0 Å². The highest BCUT2D eigenvalue weighted by Crippen LogP contribution is 2.15. The molecule has 0 rings (SSSR count). The summed E-state index contributed by atoms with van der Waals surface area (Å²) in [5.41, 5.74) is 0. The molecule has 0 aliphatic rings. The van der Waals surface area contributed by atoms with Crippen molar-refractivity contribution in [3.8, 4) is 0 Å². The van der Waals surface area contributed by atoms with Gasteiger partial charge >= 0.3 is 17.9 Å². The van der Waals surface area contributed by atoms with Crippen molar-refractivity contribution < 1.29 is 28.6 Å². The molecule has 0 aliphatic heterocycles. The number of esters is 3. The minimum Gasteiger partial charge on any atom is -0.462 e. The van der Waals surface area contributed by atoms with E-state index in [9.17, 15) is 14.4 Å². The molecule has 0 aromatic carbocycles. The highest BCUT2D eigenvalue weighted by molar-refractivity contribution is 5.71. The number of unbranched alkanes of at least 4 members (excludes halogenated alkanes) is 24. The number of carbonyl (C=O) groups is 3. The fraction of sp³-hybridized carbons (Fsp3) is 0.698. The summed E-state index contributed by atoms with van der Waals surface area (Å²) in [5.74, 6) is -0.971. The molecule has 0 fully saturated rings. The lowest BCUT2D eigenvalue weighted by atomic mass is 10.0. The van der Waals surface area contributed by atoms with Crippen molar-refractivity contribution in [2.24, 2.45) is 0 Å². The zero-order chi connectivity index (χ0) is 50.0. The summed E-state index contributed by atoms with van der Waals surface area (Å²) in [7, 11) is 0. The summed E-state index contributed by atoms with van der Waals surface area (Å²) >= 11 is 0. The number of allylic oxidation sites excluding steroid dienone is 16. The van der Waals surface area contributed by atoms with Crippen molar-refractivity contribution >= 4 is 17.9 Å². The minimum atomic E-state index is -0.807. The molecule has 0 saturated carbocycles. The molecule has 0 unspecified atom stereocenters. The first-order chi connectivity index (χ1) is 34.0. The van der Waals surface area contributed by atoms with Crippen LogP contribution in [-0.2, 0) is 28.6 Å². The van der Waals surface area contributed by atoms with E-state index in [2.05, 4.69) is 118 Å². The van der Waals surface area contributed by atoms with E-state index in [0.29, 0.717) is 19.3 Å². The summed E-state index contributed by atoms with van der Waals surface area (Å²) in [5, 5.41) is 0. The molecular weight excluding hydrogens is 853 g/mol. The van der Waals surface area contributed by atoms with Gasteiger partial charge in [-0.25, -0.2) is 0 Å². The van der Waals surface area contributed by atoms with Gasteiger partial charge in [0.1, 0.15) is 13.2 Å². The molecule has 0 heterocycles. The van der Waals surface area contributed by atoms with Crippen LogP contribution in [0, 0.1) is 0 Å². The Morgan fingerprint density at radius 3 is 0.942 bits per heavy atom. The monoisotopic (exact) mass is 959 g/mol. The van der Waals surface area contributed by atoms with Gasteiger partial charge in [0, 0.05) is 19.3 Å². The van der Waals surface area contributed by atoms with Crippen LogP contribution in [0.3, 0.4) is 0 Å². The van der Waals surface area contributed by atoms with Crippen LogP contribution in [0.15, 0.2) is 97.2 Å². The lowest BCUT2D eigenvalue weighted by molar-refractivity contribution is -0.167. The maximum Gasteiger partial charge on any atom is 0.306 e. The van der Waals surface area contributed by atoms with Crippen molar-refractivity contribution in [1.82, 2.24) is 0 Å². The van der Waals surface area contributed by atoms with Crippen molar-refractivity contribution in [2.45, 2.75) is 271 Å². The zero-order valence-electron chi connectivity index (χ0n) is 45.0. The fourth-order valence-electron chi connectivity index (χ4n) is 7.77. The molecule has 0 spiro atoms. The van der Waals surface area contributed by atoms with Crippen LogP contribution in [0.2, 0.25) is 0 Å². The second kappa shape index (κ2) is 56.9. The molecule has 0 aromatic heterocycles. The van der Waals surface area contributed by atoms with Crippen LogP contribution in [0.25, 0.3) is 0 Å². The van der Waals surface area contributed by atoms with Crippen molar-refractivity contribution in [3.63, 3.8) is 0 Å². The normalized spacial score (nSPS) is 12.8. The highest BCUT2D eigenvalue weighted by Gasteiger charge is 2.19. The van der Waals surface area contributed by atoms with E-state index in [0.717, 1.165) is 109 Å². The number of hydrogen-bond donors (Lipinski definition) is 0. The van der Waals surface area contributed by atoms with Gasteiger partial charge in [-0.05, 0) is 103 Å². The summed E-state index contributed by atoms with van der Waals surface area (Å²) in [6, 6.07) is 0. The lowest BCUT2D eigenvalue weighted by Gasteiger charge is -2.18. The number of rotatable bonds is 51. The molecule has 0 radical (unpaired) electrons. The van der Waals surface area contributed by atoms with E-state index in [1.165, 1.54) is 116 Å². The molecule has 0 aliphatic carbocycles. The van der Waals surface area contributed by atoms with Crippen LogP contribution in [0.5, 0.6) is 0 Å². The molecule has 1 atom stereocenters. The Hall–Kier alpha value is -3.67. The summed E-state index contributed by atoms with van der Waals surface area (Å²) < 4.78 is 16.8. The zero-order valence-corrected chi connectivity index (χ0v) is 45.0. The predicted molar refractivity (Wildman–Crippen MR) is 297 cm³/mol. The topological polar surface area (TPSA) is 78.9 Å². The maximum atomic E-state index is 12.9. The second-order valence-corrected chi connectivity index (χ2v) is 18.8. The Morgan fingerprint density at radius 2 is 0.565 bits per heavy atom. The van der Waals surface area contributed by atoms with E-state index >= 15 is 0 Å². The van der Waals surface area contributed by atoms with Gasteiger partial charge in [-0.15, -0.1) is 0 Å². The molecule has 6 heteroatoms. The highest BCUT2D eigenvalue weighted by atomic mass is 16.6. The van der Waals surface area contributed by atoms with E-state index in [1.807, 2.05) is 0 Å². The number of hydrogen-bond acceptors (Lipinski definition) is 6. The Morgan fingerprint density at radius 1 is 0.304 bits per heavy atom. The van der Waals surface area contributed by atoms with Crippen LogP contribution >= 0.6 is 0 Å². The molecule has 394 valence electrons. The van der Waals surface area contributed by atoms with Gasteiger partial charge in [0.05, 0.1) is 0 Å². The van der Waals surface area contributed by atoms with Gasteiger partial charge in [0.25, 0.3) is 0 Å². The Bertz CT molecular complexity index is 1380. The molecule has 0 amide bonds. The van der Waals surface area contributed by atoms with Crippen LogP contribution in [-0.4, -0.2) is 37.2 Å². The third-order valence-electron chi connectivity index (χ3n) is 12.1. The molecule has 0 bridgehead atoms. The summed E-state index contributed by atoms with van der Waals surface area (Å²) in [6.07, 6.45) is 75.4. The first kappa shape index (κ1) is 65.3. The third-order valence-corrected chi connectivity index (χ3v) is 12.1. The standard InChI is InChI=1S/C63H106O6/c1-4-7-10-13-16-19-22-25-28-30-31-33-35-38-41-44-47-50-53-56-62(65)68-59-60(58-67-61(64)55-52-49-46-43-40-37-34-27-24-21-18-15-12-9-6-3)69-63(66)57-54-51-48-45-42-39-36-32-29-26-23-20-17-14-11-8-5-2/h9,12,16,18-19,21,25,27-28,31,33-34,38,40-41,43,60H,4-8,10-11,13-15,17,20,22-24,26,29-30,32,35-37,39,42,44-59H2,1-3H3/b12-9-,19-16-,21-18-,28-25-,33-31-,34-27-,41-38-,43-40-/t60-/m1/s1. The molecule has 0 N–H and O–H groups in total. The molecule has 0 saturated heterocycles. The van der Waals surface area contributed by atoms with Gasteiger partial charge in [0.15, 0.2) is 6.10 Å².